The van der Waals surface area contributed by atoms with E-state index in [0.717, 1.165) is 0 Å². The van der Waals surface area contributed by atoms with Gasteiger partial charge in [0.15, 0.2) is 0 Å². The van der Waals surface area contributed by atoms with E-state index in [9.17, 15) is 24.0 Å². The van der Waals surface area contributed by atoms with Gasteiger partial charge in [-0.3, -0.25) is 19.2 Å². The van der Waals surface area contributed by atoms with Gasteiger partial charge in [0.2, 0.25) is 23.6 Å². The number of rotatable bonds is 12. The Kier molecular flexibility index (Phi) is 11.1. The molecule has 0 spiro atoms. The minimum absolute atomic E-state index is 0.185. The van der Waals surface area contributed by atoms with E-state index < -0.39 is 66.8 Å². The van der Waals surface area contributed by atoms with Crippen molar-refractivity contribution in [2.24, 2.45) is 17.4 Å². The second kappa shape index (κ2) is 12.2. The van der Waals surface area contributed by atoms with Gasteiger partial charge in [0.25, 0.3) is 0 Å². The van der Waals surface area contributed by atoms with E-state index >= 15 is 0 Å². The Morgan fingerprint density at radius 1 is 0.964 bits per heavy atom. The first kappa shape index (κ1) is 25.6. The third-order valence-electron chi connectivity index (χ3n) is 3.62. The SMILES string of the molecule is CC(C)C(NC(=O)C(N)CO)C(=O)NC(CS)C(=O)NC(CC(N)=O)C(=O)O. The molecule has 0 aromatic carbocycles. The first-order chi connectivity index (χ1) is 12.9. The number of carbonyl (C=O) groups excluding carboxylic acids is 4. The molecule has 0 aliphatic carbocycles. The van der Waals surface area contributed by atoms with Crippen molar-refractivity contribution in [2.75, 3.05) is 12.4 Å². The van der Waals surface area contributed by atoms with Crippen molar-refractivity contribution < 1.29 is 34.2 Å². The second-order valence-corrected chi connectivity index (χ2v) is 6.70. The van der Waals surface area contributed by atoms with Crippen LogP contribution in [0.3, 0.4) is 0 Å². The summed E-state index contributed by atoms with van der Waals surface area (Å²) < 4.78 is 0. The summed E-state index contributed by atoms with van der Waals surface area (Å²) in [6, 6.07) is -5.09. The summed E-state index contributed by atoms with van der Waals surface area (Å²) in [5.74, 6) is -5.35. The highest BCUT2D eigenvalue weighted by molar-refractivity contribution is 7.80. The van der Waals surface area contributed by atoms with Gasteiger partial charge in [-0.15, -0.1) is 0 Å². The molecule has 4 atom stereocenters. The maximum absolute atomic E-state index is 12.5. The highest BCUT2D eigenvalue weighted by atomic mass is 32.1. The van der Waals surface area contributed by atoms with Crippen molar-refractivity contribution in [3.8, 4) is 0 Å². The monoisotopic (exact) mass is 421 g/mol. The normalized spacial score (nSPS) is 15.1. The number of nitrogens with two attached hydrogens (primary N) is 2. The van der Waals surface area contributed by atoms with E-state index in [2.05, 4.69) is 28.6 Å². The number of primary amides is 1. The Hall–Kier alpha value is -2.38. The standard InChI is InChI=1S/C15H27N5O7S/c1-6(2)11(20-12(23)7(16)4-21)14(25)19-9(5-28)13(24)18-8(15(26)27)3-10(17)22/h6-9,11,21,28H,3-5,16H2,1-2H3,(H2,17,22)(H,18,24)(H,19,25)(H,20,23)(H,26,27). The van der Waals surface area contributed by atoms with Gasteiger partial charge in [-0.25, -0.2) is 4.79 Å². The van der Waals surface area contributed by atoms with Gasteiger partial charge in [-0.1, -0.05) is 13.8 Å². The molecule has 9 N–H and O–H groups in total. The highest BCUT2D eigenvalue weighted by Gasteiger charge is 2.31. The largest absolute Gasteiger partial charge is 0.480 e. The zero-order valence-corrected chi connectivity index (χ0v) is 16.4. The van der Waals surface area contributed by atoms with E-state index in [1.165, 1.54) is 0 Å². The fourth-order valence-corrected chi connectivity index (χ4v) is 2.26. The van der Waals surface area contributed by atoms with E-state index in [-0.39, 0.29) is 11.7 Å². The van der Waals surface area contributed by atoms with Crippen LogP contribution in [-0.2, 0) is 24.0 Å². The van der Waals surface area contributed by atoms with E-state index in [0.29, 0.717) is 0 Å². The number of nitrogens with one attached hydrogen (secondary N) is 3. The quantitative estimate of drug-likeness (QED) is 0.146. The summed E-state index contributed by atoms with van der Waals surface area (Å²) in [6.45, 7) is 2.66. The van der Waals surface area contributed by atoms with Crippen molar-refractivity contribution in [3.63, 3.8) is 0 Å². The molecule has 13 heteroatoms. The van der Waals surface area contributed by atoms with Gasteiger partial charge in [0, 0.05) is 5.75 Å². The molecule has 0 bridgehead atoms. The Bertz CT molecular complexity index is 601. The first-order valence-corrected chi connectivity index (χ1v) is 8.97. The number of aliphatic hydroxyl groups is 1. The maximum Gasteiger partial charge on any atom is 0.326 e. The minimum atomic E-state index is -1.56. The molecule has 0 radical (unpaired) electrons. The topological polar surface area (TPSA) is 214 Å². The molecule has 0 aromatic heterocycles. The smallest absolute Gasteiger partial charge is 0.326 e. The third-order valence-corrected chi connectivity index (χ3v) is 3.98. The first-order valence-electron chi connectivity index (χ1n) is 8.34. The fraction of sp³-hybridized carbons (Fsp3) is 0.667. The molecular weight excluding hydrogens is 394 g/mol. The van der Waals surface area contributed by atoms with E-state index in [1.807, 2.05) is 0 Å². The van der Waals surface area contributed by atoms with Crippen LogP contribution < -0.4 is 27.4 Å². The summed E-state index contributed by atoms with van der Waals surface area (Å²) in [7, 11) is 0. The predicted molar refractivity (Wildman–Crippen MR) is 101 cm³/mol. The lowest BCUT2D eigenvalue weighted by Crippen LogP contribution is -2.59. The van der Waals surface area contributed by atoms with Crippen LogP contribution in [-0.4, -0.2) is 76.3 Å². The summed E-state index contributed by atoms with van der Waals surface area (Å²) >= 11 is 3.96. The average Bonchev–Trinajstić information content (AvgIpc) is 2.61. The molecular formula is C15H27N5O7S. The molecule has 0 aliphatic rings. The van der Waals surface area contributed by atoms with Gasteiger partial charge in [-0.05, 0) is 5.92 Å². The lowest BCUT2D eigenvalue weighted by atomic mass is 10.0. The lowest BCUT2D eigenvalue weighted by molar-refractivity contribution is -0.143. The van der Waals surface area contributed by atoms with Crippen molar-refractivity contribution in [1.82, 2.24) is 16.0 Å². The third kappa shape index (κ3) is 8.54. The molecule has 0 heterocycles. The molecule has 0 saturated heterocycles. The Morgan fingerprint density at radius 3 is 1.89 bits per heavy atom. The number of aliphatic carboxylic acids is 1. The number of amides is 4. The van der Waals surface area contributed by atoms with Gasteiger partial charge in [-0.2, -0.15) is 12.6 Å². The molecule has 12 nitrogen and oxygen atoms in total. The van der Waals surface area contributed by atoms with Crippen LogP contribution in [0.1, 0.15) is 20.3 Å². The Morgan fingerprint density at radius 2 is 1.50 bits per heavy atom. The van der Waals surface area contributed by atoms with Gasteiger partial charge in [0.1, 0.15) is 24.2 Å². The second-order valence-electron chi connectivity index (χ2n) is 6.33. The summed E-state index contributed by atoms with van der Waals surface area (Å²) in [5, 5.41) is 24.8. The molecule has 0 aliphatic heterocycles. The predicted octanol–water partition coefficient (Wildman–Crippen LogP) is -3.69. The lowest BCUT2D eigenvalue weighted by Gasteiger charge is -2.26. The zero-order chi connectivity index (χ0) is 22.0. The minimum Gasteiger partial charge on any atom is -0.480 e. The highest BCUT2D eigenvalue weighted by Crippen LogP contribution is 2.04. The van der Waals surface area contributed by atoms with Crippen LogP contribution in [0.2, 0.25) is 0 Å². The molecule has 160 valence electrons. The van der Waals surface area contributed by atoms with Gasteiger partial charge >= 0.3 is 5.97 Å². The van der Waals surface area contributed by atoms with Crippen molar-refractivity contribution in [2.45, 2.75) is 44.4 Å². The molecule has 0 saturated carbocycles. The zero-order valence-electron chi connectivity index (χ0n) is 15.5. The number of aliphatic hydroxyl groups excluding tert-OH is 1. The van der Waals surface area contributed by atoms with E-state index in [4.69, 9.17) is 21.7 Å². The molecule has 0 fully saturated rings. The number of thiol groups is 1. The van der Waals surface area contributed by atoms with Crippen LogP contribution in [0.25, 0.3) is 0 Å². The number of carboxylic acid groups (broad SMARTS) is 1. The van der Waals surface area contributed by atoms with Crippen molar-refractivity contribution >= 4 is 42.2 Å². The summed E-state index contributed by atoms with van der Waals surface area (Å²) in [4.78, 5) is 58.6. The fourth-order valence-electron chi connectivity index (χ4n) is 2.01. The van der Waals surface area contributed by atoms with Crippen molar-refractivity contribution in [3.05, 3.63) is 0 Å². The van der Waals surface area contributed by atoms with Crippen LogP contribution >= 0.6 is 12.6 Å². The Balaban J connectivity index is 5.15. The Labute approximate surface area is 167 Å². The summed E-state index contributed by atoms with van der Waals surface area (Å²) in [5.41, 5.74) is 10.3. The summed E-state index contributed by atoms with van der Waals surface area (Å²) in [6.07, 6.45) is -0.627. The maximum atomic E-state index is 12.5. The van der Waals surface area contributed by atoms with Gasteiger partial charge < -0.3 is 37.6 Å². The number of hydrogen-bond acceptors (Lipinski definition) is 8. The van der Waals surface area contributed by atoms with Crippen LogP contribution in [0.5, 0.6) is 0 Å². The molecule has 4 unspecified atom stereocenters. The van der Waals surface area contributed by atoms with E-state index in [1.54, 1.807) is 13.8 Å². The number of carbonyl (C=O) groups is 5. The van der Waals surface area contributed by atoms with Gasteiger partial charge in [0.05, 0.1) is 13.0 Å². The number of carboxylic acids is 1. The molecule has 0 rings (SSSR count). The average molecular weight is 421 g/mol. The van der Waals surface area contributed by atoms with Crippen LogP contribution in [0, 0.1) is 5.92 Å². The molecule has 28 heavy (non-hydrogen) atoms. The molecule has 0 aromatic rings. The number of hydrogen-bond donors (Lipinski definition) is 8. The van der Waals surface area contributed by atoms with Crippen molar-refractivity contribution in [1.29, 1.82) is 0 Å². The molecule has 4 amide bonds. The van der Waals surface area contributed by atoms with Crippen LogP contribution in [0.15, 0.2) is 0 Å². The van der Waals surface area contributed by atoms with Crippen LogP contribution in [0.4, 0.5) is 0 Å².